The smallest absolute Gasteiger partial charge is 0.242 e. The van der Waals surface area contributed by atoms with E-state index < -0.39 is 0 Å². The Morgan fingerprint density at radius 3 is 1.60 bits per heavy atom. The van der Waals surface area contributed by atoms with Gasteiger partial charge in [0, 0.05) is 19.5 Å². The van der Waals surface area contributed by atoms with E-state index >= 15 is 0 Å². The van der Waals surface area contributed by atoms with E-state index in [4.69, 9.17) is 0 Å². The molecule has 0 aromatic heterocycles. The van der Waals surface area contributed by atoms with Gasteiger partial charge in [0.15, 0.2) is 0 Å². The highest BCUT2D eigenvalue weighted by atomic mass is 16.2. The summed E-state index contributed by atoms with van der Waals surface area (Å²) in [5, 5.41) is 3.13. The molecule has 1 fully saturated rings. The zero-order valence-electron chi connectivity index (χ0n) is 30.0. The normalized spacial score (nSPS) is 15.3. The summed E-state index contributed by atoms with van der Waals surface area (Å²) in [4.78, 5) is 27.5. The Morgan fingerprint density at radius 2 is 1.02 bits per heavy atom. The van der Waals surface area contributed by atoms with Gasteiger partial charge in [-0.15, -0.1) is 0 Å². The number of amides is 2. The number of carbonyl (C=O) groups is 2. The van der Waals surface area contributed by atoms with Gasteiger partial charge in [0.2, 0.25) is 11.8 Å². The molecular weight excluding hydrogens is 552 g/mol. The van der Waals surface area contributed by atoms with E-state index in [-0.39, 0.29) is 17.9 Å². The number of unbranched alkanes of at least 4 members (excludes halogenated alkanes) is 20. The molecule has 0 spiro atoms. The third kappa shape index (κ3) is 25.0. The number of hydrogen-bond acceptors (Lipinski definition) is 2. The van der Waals surface area contributed by atoms with Crippen molar-refractivity contribution in [3.8, 4) is 0 Å². The predicted octanol–water partition coefficient (Wildman–Crippen LogP) is 11.9. The fraction of sp³-hybridized carbons (Fsp3) is 0.805. The van der Waals surface area contributed by atoms with E-state index in [0.29, 0.717) is 6.42 Å². The summed E-state index contributed by atoms with van der Waals surface area (Å²) in [6, 6.07) is -0.246. The molecule has 1 rings (SSSR count). The van der Waals surface area contributed by atoms with Gasteiger partial charge in [0.1, 0.15) is 6.04 Å². The van der Waals surface area contributed by atoms with Crippen LogP contribution < -0.4 is 5.32 Å². The molecule has 1 atom stereocenters. The molecule has 4 nitrogen and oxygen atoms in total. The molecule has 45 heavy (non-hydrogen) atoms. The molecule has 0 bridgehead atoms. The lowest BCUT2D eigenvalue weighted by Gasteiger charge is -2.24. The topological polar surface area (TPSA) is 49.4 Å². The Balaban J connectivity index is 1.97. The quantitative estimate of drug-likeness (QED) is 0.0615. The van der Waals surface area contributed by atoms with Gasteiger partial charge in [0.25, 0.3) is 0 Å². The van der Waals surface area contributed by atoms with Crippen LogP contribution in [0, 0.1) is 0 Å². The van der Waals surface area contributed by atoms with Crippen LogP contribution in [0.4, 0.5) is 0 Å². The zero-order chi connectivity index (χ0) is 32.5. The maximum atomic E-state index is 12.9. The summed E-state index contributed by atoms with van der Waals surface area (Å²) in [6.45, 7) is 6.01. The molecule has 4 heteroatoms. The van der Waals surface area contributed by atoms with E-state index in [9.17, 15) is 9.59 Å². The molecular formula is C41H74N2O2. The molecule has 0 radical (unpaired) electrons. The predicted molar refractivity (Wildman–Crippen MR) is 197 cm³/mol. The first kappa shape index (κ1) is 41.2. The Kier molecular flexibility index (Phi) is 29.4. The van der Waals surface area contributed by atoms with Crippen molar-refractivity contribution in [2.45, 2.75) is 200 Å². The molecule has 1 saturated heterocycles. The molecule has 2 amide bonds. The second kappa shape index (κ2) is 32.1. The molecule has 260 valence electrons. The number of carbonyl (C=O) groups excluding carboxylic acids is 2. The third-order valence-corrected chi connectivity index (χ3v) is 9.20. The molecule has 0 aromatic carbocycles. The van der Waals surface area contributed by atoms with Gasteiger partial charge in [-0.1, -0.05) is 140 Å². The van der Waals surface area contributed by atoms with Crippen LogP contribution in [0.15, 0.2) is 36.5 Å². The number of nitrogens with one attached hydrogen (secondary N) is 1. The average molecular weight is 627 g/mol. The van der Waals surface area contributed by atoms with Gasteiger partial charge in [-0.05, 0) is 83.5 Å². The SMILES string of the molecule is CCCCC/C=C\C/C=C\CCCCCCCC(=O)N1CCCC1C(=O)NCCCCCCCC/C=C\CCCCCCCC. The van der Waals surface area contributed by atoms with E-state index in [1.807, 2.05) is 4.90 Å². The zero-order valence-corrected chi connectivity index (χ0v) is 30.0. The first-order valence-corrected chi connectivity index (χ1v) is 19.7. The second-order valence-corrected chi connectivity index (χ2v) is 13.5. The Bertz CT molecular complexity index is 771. The van der Waals surface area contributed by atoms with Crippen LogP contribution in [0.3, 0.4) is 0 Å². The van der Waals surface area contributed by atoms with E-state index in [1.54, 1.807) is 0 Å². The Hall–Kier alpha value is -1.84. The van der Waals surface area contributed by atoms with Crippen LogP contribution in [-0.2, 0) is 9.59 Å². The molecule has 1 unspecified atom stereocenters. The fourth-order valence-electron chi connectivity index (χ4n) is 6.27. The summed E-state index contributed by atoms with van der Waals surface area (Å²) in [7, 11) is 0. The van der Waals surface area contributed by atoms with Crippen molar-refractivity contribution in [2.24, 2.45) is 0 Å². The number of nitrogens with zero attached hydrogens (tertiary/aromatic N) is 1. The summed E-state index contributed by atoms with van der Waals surface area (Å²) in [6.07, 6.45) is 47.5. The minimum atomic E-state index is -0.246. The number of hydrogen-bond donors (Lipinski definition) is 1. The molecule has 1 aliphatic heterocycles. The number of rotatable bonds is 31. The standard InChI is InChI=1S/C41H74N2O2/c1-3-5-7-9-11-13-15-17-19-21-23-25-27-29-31-33-37-42-41(45)39-35-34-38-43(39)40(44)36-32-30-28-26-24-22-20-18-16-14-12-10-8-6-4-2/h12,14,17-20,39H,3-11,13,15-16,21-38H2,1-2H3,(H,42,45)/b14-12-,19-17-,20-18-. The van der Waals surface area contributed by atoms with Crippen molar-refractivity contribution in [3.05, 3.63) is 36.5 Å². The molecule has 0 saturated carbocycles. The lowest BCUT2D eigenvalue weighted by molar-refractivity contribution is -0.138. The fourth-order valence-corrected chi connectivity index (χ4v) is 6.27. The Labute approximate surface area is 280 Å². The lowest BCUT2D eigenvalue weighted by Crippen LogP contribution is -2.46. The van der Waals surface area contributed by atoms with Crippen LogP contribution in [0.2, 0.25) is 0 Å². The minimum absolute atomic E-state index is 0.0636. The van der Waals surface area contributed by atoms with Crippen molar-refractivity contribution in [2.75, 3.05) is 13.1 Å². The Morgan fingerprint density at radius 1 is 0.578 bits per heavy atom. The summed E-state index contributed by atoms with van der Waals surface area (Å²) >= 11 is 0. The van der Waals surface area contributed by atoms with Crippen molar-refractivity contribution < 1.29 is 9.59 Å². The monoisotopic (exact) mass is 627 g/mol. The van der Waals surface area contributed by atoms with Crippen LogP contribution >= 0.6 is 0 Å². The van der Waals surface area contributed by atoms with Gasteiger partial charge in [0.05, 0.1) is 0 Å². The molecule has 1 aliphatic rings. The average Bonchev–Trinajstić information content (AvgIpc) is 3.55. The van der Waals surface area contributed by atoms with Crippen molar-refractivity contribution in [3.63, 3.8) is 0 Å². The molecule has 1 heterocycles. The van der Waals surface area contributed by atoms with E-state index in [0.717, 1.165) is 58.0 Å². The molecule has 1 N–H and O–H groups in total. The summed E-state index contributed by atoms with van der Waals surface area (Å²) in [5.41, 5.74) is 0. The third-order valence-electron chi connectivity index (χ3n) is 9.20. The largest absolute Gasteiger partial charge is 0.354 e. The van der Waals surface area contributed by atoms with Crippen molar-refractivity contribution >= 4 is 11.8 Å². The highest BCUT2D eigenvalue weighted by Crippen LogP contribution is 2.20. The van der Waals surface area contributed by atoms with Crippen LogP contribution in [0.5, 0.6) is 0 Å². The van der Waals surface area contributed by atoms with Crippen molar-refractivity contribution in [1.82, 2.24) is 10.2 Å². The summed E-state index contributed by atoms with van der Waals surface area (Å²) < 4.78 is 0. The van der Waals surface area contributed by atoms with Gasteiger partial charge in [-0.2, -0.15) is 0 Å². The second-order valence-electron chi connectivity index (χ2n) is 13.5. The van der Waals surface area contributed by atoms with Crippen LogP contribution in [-0.4, -0.2) is 35.8 Å². The summed E-state index contributed by atoms with van der Waals surface area (Å²) in [5.74, 6) is 0.240. The van der Waals surface area contributed by atoms with Crippen molar-refractivity contribution in [1.29, 1.82) is 0 Å². The first-order chi connectivity index (χ1) is 22.2. The highest BCUT2D eigenvalue weighted by Gasteiger charge is 2.33. The molecule has 0 aromatic rings. The van der Waals surface area contributed by atoms with Gasteiger partial charge in [-0.25, -0.2) is 0 Å². The van der Waals surface area contributed by atoms with E-state index in [1.165, 1.54) is 128 Å². The molecule has 0 aliphatic carbocycles. The maximum Gasteiger partial charge on any atom is 0.242 e. The van der Waals surface area contributed by atoms with Gasteiger partial charge in [-0.3, -0.25) is 9.59 Å². The number of likely N-dealkylation sites (tertiary alicyclic amines) is 1. The first-order valence-electron chi connectivity index (χ1n) is 19.7. The van der Waals surface area contributed by atoms with Gasteiger partial charge < -0.3 is 10.2 Å². The lowest BCUT2D eigenvalue weighted by atomic mass is 10.1. The van der Waals surface area contributed by atoms with Gasteiger partial charge >= 0.3 is 0 Å². The van der Waals surface area contributed by atoms with Crippen LogP contribution in [0.25, 0.3) is 0 Å². The van der Waals surface area contributed by atoms with E-state index in [2.05, 4.69) is 55.6 Å². The highest BCUT2D eigenvalue weighted by molar-refractivity contribution is 5.88. The maximum absolute atomic E-state index is 12.9. The number of allylic oxidation sites excluding steroid dienone is 6. The minimum Gasteiger partial charge on any atom is -0.354 e. The van der Waals surface area contributed by atoms with Crippen LogP contribution in [0.1, 0.15) is 194 Å².